The highest BCUT2D eigenvalue weighted by molar-refractivity contribution is 5.25. The lowest BCUT2D eigenvalue weighted by Crippen LogP contribution is -2.50. The largest absolute Gasteiger partial charge is 0.373 e. The van der Waals surface area contributed by atoms with Crippen molar-refractivity contribution in [3.8, 4) is 0 Å². The van der Waals surface area contributed by atoms with Crippen molar-refractivity contribution in [2.24, 2.45) is 0 Å². The summed E-state index contributed by atoms with van der Waals surface area (Å²) >= 11 is 0. The summed E-state index contributed by atoms with van der Waals surface area (Å²) in [6.07, 6.45) is 2.90. The first-order valence-electron chi connectivity index (χ1n) is 7.37. The van der Waals surface area contributed by atoms with Crippen LogP contribution in [0.5, 0.6) is 0 Å². The first-order valence-corrected chi connectivity index (χ1v) is 7.37. The van der Waals surface area contributed by atoms with Crippen molar-refractivity contribution in [3.63, 3.8) is 0 Å². The molecule has 1 N–H and O–H groups in total. The predicted octanol–water partition coefficient (Wildman–Crippen LogP) is 2.12. The normalized spacial score (nSPS) is 29.2. The van der Waals surface area contributed by atoms with Crippen LogP contribution in [0.3, 0.4) is 0 Å². The van der Waals surface area contributed by atoms with E-state index in [0.717, 1.165) is 13.2 Å². The fourth-order valence-electron chi connectivity index (χ4n) is 3.39. The Kier molecular flexibility index (Phi) is 3.87. The van der Waals surface area contributed by atoms with E-state index in [1.54, 1.807) is 0 Å². The van der Waals surface area contributed by atoms with E-state index in [0.29, 0.717) is 12.1 Å². The molecule has 0 saturated carbocycles. The number of benzene rings is 1. The molecule has 0 radical (unpaired) electrons. The molecule has 19 heavy (non-hydrogen) atoms. The molecule has 3 unspecified atom stereocenters. The van der Waals surface area contributed by atoms with Gasteiger partial charge in [0.05, 0.1) is 18.8 Å². The number of likely N-dealkylation sites (N-methyl/N-ethyl adjacent to an activating group) is 1. The molecule has 104 valence electrons. The second kappa shape index (κ2) is 5.61. The van der Waals surface area contributed by atoms with Gasteiger partial charge in [0.1, 0.15) is 0 Å². The van der Waals surface area contributed by atoms with E-state index in [1.807, 2.05) is 7.05 Å². The molecule has 3 atom stereocenters. The van der Waals surface area contributed by atoms with Crippen molar-refractivity contribution in [2.75, 3.05) is 26.7 Å². The van der Waals surface area contributed by atoms with Crippen LogP contribution in [0.25, 0.3) is 0 Å². The molecule has 2 saturated heterocycles. The number of ether oxygens (including phenoxy) is 1. The SMILES string of the molecule is CNC(c1ccc(C)cc1)C1CN2CCCC2CO1. The molecule has 1 aromatic carbocycles. The molecule has 0 aromatic heterocycles. The molecule has 0 amide bonds. The summed E-state index contributed by atoms with van der Waals surface area (Å²) in [5.41, 5.74) is 2.64. The molecular weight excluding hydrogens is 236 g/mol. The van der Waals surface area contributed by atoms with Crippen LogP contribution in [-0.4, -0.2) is 43.8 Å². The molecule has 2 heterocycles. The Morgan fingerprint density at radius 3 is 2.84 bits per heavy atom. The number of rotatable bonds is 3. The smallest absolute Gasteiger partial charge is 0.0897 e. The van der Waals surface area contributed by atoms with Crippen LogP contribution in [-0.2, 0) is 4.74 Å². The minimum atomic E-state index is 0.266. The van der Waals surface area contributed by atoms with Crippen LogP contribution in [0.2, 0.25) is 0 Å². The molecule has 0 bridgehead atoms. The molecule has 3 nitrogen and oxygen atoms in total. The van der Waals surface area contributed by atoms with Gasteiger partial charge >= 0.3 is 0 Å². The van der Waals surface area contributed by atoms with Crippen LogP contribution < -0.4 is 5.32 Å². The third-order valence-corrected chi connectivity index (χ3v) is 4.54. The number of morpholine rings is 1. The molecule has 2 aliphatic rings. The van der Waals surface area contributed by atoms with Gasteiger partial charge in [0, 0.05) is 12.6 Å². The average Bonchev–Trinajstić information content (AvgIpc) is 2.89. The van der Waals surface area contributed by atoms with Gasteiger partial charge in [-0.2, -0.15) is 0 Å². The average molecular weight is 260 g/mol. The summed E-state index contributed by atoms with van der Waals surface area (Å²) < 4.78 is 6.13. The van der Waals surface area contributed by atoms with Crippen LogP contribution in [0.1, 0.15) is 30.0 Å². The molecule has 0 spiro atoms. The van der Waals surface area contributed by atoms with E-state index >= 15 is 0 Å². The minimum absolute atomic E-state index is 0.266. The van der Waals surface area contributed by atoms with Gasteiger partial charge in [-0.15, -0.1) is 0 Å². The minimum Gasteiger partial charge on any atom is -0.373 e. The first kappa shape index (κ1) is 13.1. The van der Waals surface area contributed by atoms with Crippen molar-refractivity contribution in [3.05, 3.63) is 35.4 Å². The quantitative estimate of drug-likeness (QED) is 0.901. The molecular formula is C16H24N2O. The number of aryl methyl sites for hydroxylation is 1. The number of fused-ring (bicyclic) bond motifs is 1. The van der Waals surface area contributed by atoms with Gasteiger partial charge in [-0.25, -0.2) is 0 Å². The van der Waals surface area contributed by atoms with E-state index in [2.05, 4.69) is 41.4 Å². The van der Waals surface area contributed by atoms with Gasteiger partial charge in [0.2, 0.25) is 0 Å². The maximum atomic E-state index is 6.13. The van der Waals surface area contributed by atoms with E-state index in [-0.39, 0.29) is 6.10 Å². The number of hydrogen-bond donors (Lipinski definition) is 1. The molecule has 3 rings (SSSR count). The van der Waals surface area contributed by atoms with Gasteiger partial charge in [-0.1, -0.05) is 29.8 Å². The molecule has 0 aliphatic carbocycles. The van der Waals surface area contributed by atoms with Crippen LogP contribution in [0.4, 0.5) is 0 Å². The maximum Gasteiger partial charge on any atom is 0.0897 e. The highest BCUT2D eigenvalue weighted by Gasteiger charge is 2.35. The standard InChI is InChI=1S/C16H24N2O/c1-12-5-7-13(8-6-12)16(17-2)15-10-18-9-3-4-14(18)11-19-15/h5-8,14-17H,3-4,9-11H2,1-2H3. The van der Waals surface area contributed by atoms with Crippen LogP contribution >= 0.6 is 0 Å². The zero-order chi connectivity index (χ0) is 13.2. The maximum absolute atomic E-state index is 6.13. The summed E-state index contributed by atoms with van der Waals surface area (Å²) in [4.78, 5) is 2.60. The Hall–Kier alpha value is -0.900. The summed E-state index contributed by atoms with van der Waals surface area (Å²) in [6, 6.07) is 9.77. The lowest BCUT2D eigenvalue weighted by atomic mass is 9.98. The Bertz CT molecular complexity index is 417. The lowest BCUT2D eigenvalue weighted by molar-refractivity contribution is -0.0642. The number of hydrogen-bond acceptors (Lipinski definition) is 3. The van der Waals surface area contributed by atoms with E-state index in [1.165, 1.54) is 30.5 Å². The van der Waals surface area contributed by atoms with E-state index in [4.69, 9.17) is 4.74 Å². The molecule has 3 heteroatoms. The Morgan fingerprint density at radius 1 is 1.32 bits per heavy atom. The van der Waals surface area contributed by atoms with E-state index < -0.39 is 0 Å². The van der Waals surface area contributed by atoms with Crippen molar-refractivity contribution in [1.82, 2.24) is 10.2 Å². The zero-order valence-corrected chi connectivity index (χ0v) is 11.9. The number of nitrogens with zero attached hydrogens (tertiary/aromatic N) is 1. The lowest BCUT2D eigenvalue weighted by Gasteiger charge is -2.39. The zero-order valence-electron chi connectivity index (χ0n) is 11.9. The van der Waals surface area contributed by atoms with Crippen molar-refractivity contribution < 1.29 is 4.74 Å². The topological polar surface area (TPSA) is 24.5 Å². The molecule has 2 fully saturated rings. The highest BCUT2D eigenvalue weighted by atomic mass is 16.5. The number of nitrogens with one attached hydrogen (secondary N) is 1. The molecule has 1 aromatic rings. The summed E-state index contributed by atoms with van der Waals surface area (Å²) in [5, 5.41) is 3.44. The predicted molar refractivity (Wildman–Crippen MR) is 77.3 cm³/mol. The van der Waals surface area contributed by atoms with Crippen LogP contribution in [0.15, 0.2) is 24.3 Å². The Labute approximate surface area is 115 Å². The first-order chi connectivity index (χ1) is 9.28. The second-order valence-corrected chi connectivity index (χ2v) is 5.84. The fraction of sp³-hybridized carbons (Fsp3) is 0.625. The third-order valence-electron chi connectivity index (χ3n) is 4.54. The van der Waals surface area contributed by atoms with Crippen molar-refractivity contribution >= 4 is 0 Å². The summed E-state index contributed by atoms with van der Waals surface area (Å²) in [6.45, 7) is 5.33. The monoisotopic (exact) mass is 260 g/mol. The highest BCUT2D eigenvalue weighted by Crippen LogP contribution is 2.28. The fourth-order valence-corrected chi connectivity index (χ4v) is 3.39. The van der Waals surface area contributed by atoms with Crippen LogP contribution in [0, 0.1) is 6.92 Å². The van der Waals surface area contributed by atoms with Gasteiger partial charge in [-0.3, -0.25) is 4.90 Å². The van der Waals surface area contributed by atoms with Gasteiger partial charge in [0.15, 0.2) is 0 Å². The van der Waals surface area contributed by atoms with Crippen molar-refractivity contribution in [2.45, 2.75) is 38.0 Å². The van der Waals surface area contributed by atoms with Gasteiger partial charge < -0.3 is 10.1 Å². The van der Waals surface area contributed by atoms with Gasteiger partial charge in [0.25, 0.3) is 0 Å². The summed E-state index contributed by atoms with van der Waals surface area (Å²) in [7, 11) is 2.03. The van der Waals surface area contributed by atoms with Crippen molar-refractivity contribution in [1.29, 1.82) is 0 Å². The third kappa shape index (κ3) is 2.69. The van der Waals surface area contributed by atoms with Gasteiger partial charge in [-0.05, 0) is 38.9 Å². The second-order valence-electron chi connectivity index (χ2n) is 5.84. The molecule has 2 aliphatic heterocycles. The Balaban J connectivity index is 1.73. The summed E-state index contributed by atoms with van der Waals surface area (Å²) in [5.74, 6) is 0. The van der Waals surface area contributed by atoms with E-state index in [9.17, 15) is 0 Å². The Morgan fingerprint density at radius 2 is 2.11 bits per heavy atom.